The Labute approximate surface area is 254 Å². The summed E-state index contributed by atoms with van der Waals surface area (Å²) in [6.07, 6.45) is 7.11. The van der Waals surface area contributed by atoms with Gasteiger partial charge in [0, 0.05) is 50.5 Å². The van der Waals surface area contributed by atoms with Gasteiger partial charge in [-0.05, 0) is 72.1 Å². The Morgan fingerprint density at radius 2 is 1.78 bits per heavy atom. The molecular formula is C35H34BrN3OS. The zero-order chi connectivity index (χ0) is 28.6. The number of hydrogen-bond donors (Lipinski definition) is 1. The molecule has 6 rings (SSSR count). The van der Waals surface area contributed by atoms with E-state index in [-0.39, 0.29) is 11.3 Å². The number of aliphatic imine (C=N–C) groups is 1. The van der Waals surface area contributed by atoms with E-state index in [1.54, 1.807) is 11.3 Å². The van der Waals surface area contributed by atoms with Crippen molar-refractivity contribution in [2.75, 3.05) is 5.32 Å². The van der Waals surface area contributed by atoms with Crippen LogP contribution in [0.4, 0.5) is 10.7 Å². The van der Waals surface area contributed by atoms with Gasteiger partial charge in [0.2, 0.25) is 0 Å². The van der Waals surface area contributed by atoms with Crippen LogP contribution < -0.4 is 5.32 Å². The van der Waals surface area contributed by atoms with Crippen molar-refractivity contribution >= 4 is 61.0 Å². The molecule has 0 spiro atoms. The van der Waals surface area contributed by atoms with Gasteiger partial charge in [0.25, 0.3) is 5.91 Å². The normalized spacial score (nSPS) is 15.4. The first-order valence-corrected chi connectivity index (χ1v) is 15.7. The van der Waals surface area contributed by atoms with Crippen LogP contribution in [-0.2, 0) is 19.4 Å². The second-order valence-electron chi connectivity index (χ2n) is 11.9. The zero-order valence-corrected chi connectivity index (χ0v) is 26.1. The summed E-state index contributed by atoms with van der Waals surface area (Å²) < 4.78 is 3.35. The fraction of sp³-hybridized carbons (Fsp3) is 0.257. The highest BCUT2D eigenvalue weighted by Gasteiger charge is 2.33. The molecule has 4 nitrogen and oxygen atoms in total. The van der Waals surface area contributed by atoms with Crippen LogP contribution in [0.25, 0.3) is 10.9 Å². The molecule has 0 unspecified atom stereocenters. The number of amides is 1. The SMILES string of the molecule is CC(C)(C)[C@@H]1CCc2c(sc(N=Cc3cn(Cc4ccc(Br)cc4)c4ccccc34)c2C(=O)Nc2ccccc2)C1. The Morgan fingerprint density at radius 3 is 2.54 bits per heavy atom. The Hall–Kier alpha value is -3.48. The summed E-state index contributed by atoms with van der Waals surface area (Å²) in [4.78, 5) is 20.0. The van der Waals surface area contributed by atoms with E-state index < -0.39 is 0 Å². The largest absolute Gasteiger partial charge is 0.342 e. The van der Waals surface area contributed by atoms with E-state index in [9.17, 15) is 4.79 Å². The average molecular weight is 625 g/mol. The number of fused-ring (bicyclic) bond motifs is 2. The first-order chi connectivity index (χ1) is 19.8. The lowest BCUT2D eigenvalue weighted by Gasteiger charge is -2.33. The molecule has 2 aromatic heterocycles. The minimum atomic E-state index is -0.0762. The highest BCUT2D eigenvalue weighted by molar-refractivity contribution is 9.10. The lowest BCUT2D eigenvalue weighted by Crippen LogP contribution is -2.27. The van der Waals surface area contributed by atoms with Gasteiger partial charge >= 0.3 is 0 Å². The molecule has 0 fully saturated rings. The minimum Gasteiger partial charge on any atom is -0.342 e. The molecule has 0 radical (unpaired) electrons. The van der Waals surface area contributed by atoms with E-state index in [4.69, 9.17) is 4.99 Å². The number of aromatic nitrogens is 1. The van der Waals surface area contributed by atoms with Crippen molar-refractivity contribution in [2.45, 2.75) is 46.6 Å². The average Bonchev–Trinajstić information content (AvgIpc) is 3.50. The zero-order valence-electron chi connectivity index (χ0n) is 23.7. The molecule has 0 saturated carbocycles. The molecule has 5 aromatic rings. The van der Waals surface area contributed by atoms with Crippen LogP contribution in [0, 0.1) is 11.3 Å². The number of nitrogens with zero attached hydrogens (tertiary/aromatic N) is 2. The molecule has 0 saturated heterocycles. The summed E-state index contributed by atoms with van der Waals surface area (Å²) in [7, 11) is 0. The van der Waals surface area contributed by atoms with E-state index >= 15 is 0 Å². The van der Waals surface area contributed by atoms with Gasteiger partial charge in [-0.3, -0.25) is 4.79 Å². The fourth-order valence-electron chi connectivity index (χ4n) is 5.77. The van der Waals surface area contributed by atoms with E-state index in [2.05, 4.69) is 101 Å². The molecular weight excluding hydrogens is 590 g/mol. The van der Waals surface area contributed by atoms with Crippen LogP contribution in [0.5, 0.6) is 0 Å². The van der Waals surface area contributed by atoms with Crippen LogP contribution in [0.3, 0.4) is 0 Å². The maximum Gasteiger partial charge on any atom is 0.259 e. The molecule has 6 heteroatoms. The molecule has 2 heterocycles. The highest BCUT2D eigenvalue weighted by Crippen LogP contribution is 2.45. The van der Waals surface area contributed by atoms with E-state index in [1.807, 2.05) is 36.5 Å². The van der Waals surface area contributed by atoms with Crippen molar-refractivity contribution in [1.82, 2.24) is 4.57 Å². The van der Waals surface area contributed by atoms with Crippen molar-refractivity contribution in [1.29, 1.82) is 0 Å². The number of rotatable bonds is 6. The van der Waals surface area contributed by atoms with Crippen molar-refractivity contribution in [3.63, 3.8) is 0 Å². The number of hydrogen-bond acceptors (Lipinski definition) is 3. The quantitative estimate of drug-likeness (QED) is 0.188. The van der Waals surface area contributed by atoms with Gasteiger partial charge in [-0.1, -0.05) is 85.2 Å². The van der Waals surface area contributed by atoms with Crippen LogP contribution in [0.15, 0.2) is 94.5 Å². The van der Waals surface area contributed by atoms with E-state index in [0.29, 0.717) is 5.92 Å². The van der Waals surface area contributed by atoms with Crippen molar-refractivity contribution < 1.29 is 4.79 Å². The van der Waals surface area contributed by atoms with Crippen LogP contribution in [0.2, 0.25) is 0 Å². The Bertz CT molecular complexity index is 1730. The molecule has 0 bridgehead atoms. The van der Waals surface area contributed by atoms with Gasteiger partial charge in [0.15, 0.2) is 0 Å². The van der Waals surface area contributed by atoms with Gasteiger partial charge in [-0.2, -0.15) is 0 Å². The molecule has 208 valence electrons. The smallest absolute Gasteiger partial charge is 0.259 e. The van der Waals surface area contributed by atoms with Crippen LogP contribution >= 0.6 is 27.3 Å². The first-order valence-electron chi connectivity index (χ1n) is 14.1. The highest BCUT2D eigenvalue weighted by atomic mass is 79.9. The monoisotopic (exact) mass is 623 g/mol. The maximum atomic E-state index is 13.7. The molecule has 1 amide bonds. The number of anilines is 1. The molecule has 1 aliphatic carbocycles. The Kier molecular flexibility index (Phi) is 7.71. The van der Waals surface area contributed by atoms with Gasteiger partial charge < -0.3 is 9.88 Å². The minimum absolute atomic E-state index is 0.0762. The number of halogens is 1. The summed E-state index contributed by atoms with van der Waals surface area (Å²) in [5.41, 5.74) is 6.38. The summed E-state index contributed by atoms with van der Waals surface area (Å²) in [5.74, 6) is 0.514. The standard InChI is InChI=1S/C35H34BrN3OS/c1-35(2,3)25-15-18-29-31(19-25)41-34(32(29)33(40)38-27-9-5-4-6-10-27)37-20-24-22-39(30-12-8-7-11-28(24)30)21-23-13-16-26(36)17-14-23/h4-14,16-17,20,22,25H,15,18-19,21H2,1-3H3,(H,38,40)/t25-/m1/s1. The van der Waals surface area contributed by atoms with Crippen LogP contribution in [0.1, 0.15) is 59.1 Å². The first kappa shape index (κ1) is 27.7. The van der Waals surface area contributed by atoms with Crippen molar-refractivity contribution in [2.24, 2.45) is 16.3 Å². The molecule has 1 N–H and O–H groups in total. The summed E-state index contributed by atoms with van der Waals surface area (Å²) in [6, 6.07) is 26.6. The lowest BCUT2D eigenvalue weighted by molar-refractivity contribution is 0.102. The number of nitrogens with one attached hydrogen (secondary N) is 1. The van der Waals surface area contributed by atoms with Gasteiger partial charge in [0.05, 0.1) is 5.56 Å². The number of carbonyl (C=O) groups excluding carboxylic acids is 1. The predicted molar refractivity (Wildman–Crippen MR) is 176 cm³/mol. The number of para-hydroxylation sites is 2. The molecule has 3 aromatic carbocycles. The molecule has 1 atom stereocenters. The van der Waals surface area contributed by atoms with E-state index in [0.717, 1.165) is 63.0 Å². The molecule has 41 heavy (non-hydrogen) atoms. The predicted octanol–water partition coefficient (Wildman–Crippen LogP) is 9.67. The number of benzene rings is 3. The fourth-order valence-corrected chi connectivity index (χ4v) is 7.31. The third-order valence-corrected chi connectivity index (χ3v) is 9.83. The van der Waals surface area contributed by atoms with Gasteiger partial charge in [-0.15, -0.1) is 11.3 Å². The lowest BCUT2D eigenvalue weighted by atomic mass is 9.72. The second-order valence-corrected chi connectivity index (χ2v) is 13.9. The summed E-state index contributed by atoms with van der Waals surface area (Å²) >= 11 is 5.22. The van der Waals surface area contributed by atoms with Gasteiger partial charge in [-0.25, -0.2) is 4.99 Å². The number of carbonyl (C=O) groups is 1. The van der Waals surface area contributed by atoms with Crippen molar-refractivity contribution in [3.05, 3.63) is 117 Å². The van der Waals surface area contributed by atoms with Crippen LogP contribution in [-0.4, -0.2) is 16.7 Å². The summed E-state index contributed by atoms with van der Waals surface area (Å²) in [5, 5.41) is 5.07. The molecule has 1 aliphatic rings. The molecule has 0 aliphatic heterocycles. The Morgan fingerprint density at radius 1 is 1.05 bits per heavy atom. The Balaban J connectivity index is 1.37. The number of thiophene rings is 1. The van der Waals surface area contributed by atoms with E-state index in [1.165, 1.54) is 16.0 Å². The van der Waals surface area contributed by atoms with Gasteiger partial charge in [0.1, 0.15) is 5.00 Å². The maximum absolute atomic E-state index is 13.7. The third kappa shape index (κ3) is 5.95. The summed E-state index contributed by atoms with van der Waals surface area (Å²) in [6.45, 7) is 7.74. The third-order valence-electron chi connectivity index (χ3n) is 8.14. The topological polar surface area (TPSA) is 46.4 Å². The van der Waals surface area contributed by atoms with Crippen molar-refractivity contribution in [3.8, 4) is 0 Å². The second kappa shape index (κ2) is 11.4.